The Hall–Kier alpha value is -2.18. The van der Waals surface area contributed by atoms with Gasteiger partial charge in [0.05, 0.1) is 25.5 Å². The SMILES string of the molecule is Cc1ccc2c3c(C)nn(CCN4CCOCC4)c(=O)c3n(C)c2c1. The van der Waals surface area contributed by atoms with Crippen LogP contribution in [0.1, 0.15) is 11.3 Å². The highest BCUT2D eigenvalue weighted by atomic mass is 16.5. The van der Waals surface area contributed by atoms with E-state index in [9.17, 15) is 4.79 Å². The molecule has 132 valence electrons. The van der Waals surface area contributed by atoms with Crippen LogP contribution in [0.4, 0.5) is 0 Å². The first-order valence-electron chi connectivity index (χ1n) is 8.83. The molecule has 0 spiro atoms. The van der Waals surface area contributed by atoms with Crippen LogP contribution in [0.3, 0.4) is 0 Å². The lowest BCUT2D eigenvalue weighted by Crippen LogP contribution is -2.39. The summed E-state index contributed by atoms with van der Waals surface area (Å²) in [4.78, 5) is 15.4. The van der Waals surface area contributed by atoms with Crippen molar-refractivity contribution in [2.75, 3.05) is 32.8 Å². The van der Waals surface area contributed by atoms with Gasteiger partial charge in [-0.05, 0) is 25.5 Å². The molecule has 6 heteroatoms. The predicted octanol–water partition coefficient (Wildman–Crippen LogP) is 1.84. The lowest BCUT2D eigenvalue weighted by molar-refractivity contribution is 0.0358. The summed E-state index contributed by atoms with van der Waals surface area (Å²) in [6.45, 7) is 8.87. The summed E-state index contributed by atoms with van der Waals surface area (Å²) in [5.41, 5.74) is 3.92. The van der Waals surface area contributed by atoms with E-state index in [0.29, 0.717) is 6.54 Å². The number of hydrogen-bond donors (Lipinski definition) is 0. The maximum Gasteiger partial charge on any atom is 0.291 e. The van der Waals surface area contributed by atoms with Crippen molar-refractivity contribution in [3.05, 3.63) is 39.8 Å². The fraction of sp³-hybridized carbons (Fsp3) is 0.474. The first-order chi connectivity index (χ1) is 12.1. The van der Waals surface area contributed by atoms with Gasteiger partial charge in [0.1, 0.15) is 5.52 Å². The smallest absolute Gasteiger partial charge is 0.291 e. The number of nitrogens with zero attached hydrogens (tertiary/aromatic N) is 4. The van der Waals surface area contributed by atoms with Gasteiger partial charge in [-0.2, -0.15) is 5.10 Å². The molecule has 6 nitrogen and oxygen atoms in total. The Bertz CT molecular complexity index is 996. The summed E-state index contributed by atoms with van der Waals surface area (Å²) >= 11 is 0. The van der Waals surface area contributed by atoms with Gasteiger partial charge in [-0.15, -0.1) is 0 Å². The molecule has 4 rings (SSSR count). The van der Waals surface area contributed by atoms with E-state index in [1.165, 1.54) is 5.56 Å². The molecule has 2 aromatic heterocycles. The minimum Gasteiger partial charge on any atom is -0.379 e. The van der Waals surface area contributed by atoms with Crippen molar-refractivity contribution in [3.8, 4) is 0 Å². The third kappa shape index (κ3) is 2.75. The first kappa shape index (κ1) is 16.3. The number of hydrogen-bond acceptors (Lipinski definition) is 4. The molecule has 1 saturated heterocycles. The molecule has 3 heterocycles. The van der Waals surface area contributed by atoms with Crippen LogP contribution in [0.5, 0.6) is 0 Å². The molecule has 1 fully saturated rings. The van der Waals surface area contributed by atoms with Gasteiger partial charge in [0.25, 0.3) is 5.56 Å². The zero-order valence-electron chi connectivity index (χ0n) is 15.1. The third-order valence-electron chi connectivity index (χ3n) is 5.16. The van der Waals surface area contributed by atoms with Gasteiger partial charge in [-0.3, -0.25) is 9.69 Å². The molecule has 0 bridgehead atoms. The number of rotatable bonds is 3. The summed E-state index contributed by atoms with van der Waals surface area (Å²) in [5, 5.41) is 6.68. The largest absolute Gasteiger partial charge is 0.379 e. The Labute approximate surface area is 146 Å². The minimum atomic E-state index is -0.00906. The average molecular weight is 340 g/mol. The topological polar surface area (TPSA) is 52.3 Å². The standard InChI is InChI=1S/C19H24N4O2/c1-13-4-5-15-16(12-13)21(3)18-17(15)14(2)20-23(19(18)24)7-6-22-8-10-25-11-9-22/h4-5,12H,6-11H2,1-3H3. The second kappa shape index (κ2) is 6.28. The lowest BCUT2D eigenvalue weighted by atomic mass is 10.1. The summed E-state index contributed by atoms with van der Waals surface area (Å²) in [6.07, 6.45) is 0. The van der Waals surface area contributed by atoms with E-state index >= 15 is 0 Å². The van der Waals surface area contributed by atoms with E-state index < -0.39 is 0 Å². The first-order valence-corrected chi connectivity index (χ1v) is 8.83. The lowest BCUT2D eigenvalue weighted by Gasteiger charge is -2.26. The van der Waals surface area contributed by atoms with E-state index in [2.05, 4.69) is 35.1 Å². The van der Waals surface area contributed by atoms with Crippen molar-refractivity contribution >= 4 is 21.8 Å². The van der Waals surface area contributed by atoms with Crippen LogP contribution in [0.25, 0.3) is 21.8 Å². The van der Waals surface area contributed by atoms with Crippen molar-refractivity contribution < 1.29 is 4.74 Å². The minimum absolute atomic E-state index is 0.00906. The van der Waals surface area contributed by atoms with E-state index in [1.807, 2.05) is 18.5 Å². The second-order valence-corrected chi connectivity index (χ2v) is 6.87. The average Bonchev–Trinajstić information content (AvgIpc) is 2.91. The molecule has 25 heavy (non-hydrogen) atoms. The van der Waals surface area contributed by atoms with Crippen LogP contribution < -0.4 is 5.56 Å². The van der Waals surface area contributed by atoms with Crippen molar-refractivity contribution in [1.82, 2.24) is 19.2 Å². The maximum atomic E-state index is 13.1. The quantitative estimate of drug-likeness (QED) is 0.730. The highest BCUT2D eigenvalue weighted by Crippen LogP contribution is 2.28. The summed E-state index contributed by atoms with van der Waals surface area (Å²) in [5.74, 6) is 0. The number of benzene rings is 1. The number of fused-ring (bicyclic) bond motifs is 3. The molecule has 0 aliphatic carbocycles. The van der Waals surface area contributed by atoms with E-state index in [4.69, 9.17) is 4.74 Å². The molecule has 1 aliphatic heterocycles. The van der Waals surface area contributed by atoms with Crippen LogP contribution in [-0.4, -0.2) is 52.1 Å². The van der Waals surface area contributed by atoms with Gasteiger partial charge in [0.15, 0.2) is 0 Å². The zero-order chi connectivity index (χ0) is 17.6. The molecule has 1 aromatic carbocycles. The van der Waals surface area contributed by atoms with Crippen LogP contribution >= 0.6 is 0 Å². The van der Waals surface area contributed by atoms with Crippen LogP contribution in [0, 0.1) is 13.8 Å². The molecule has 0 unspecified atom stereocenters. The van der Waals surface area contributed by atoms with Gasteiger partial charge in [-0.1, -0.05) is 12.1 Å². The summed E-state index contributed by atoms with van der Waals surface area (Å²) in [7, 11) is 1.97. The number of ether oxygens (including phenoxy) is 1. The van der Waals surface area contributed by atoms with E-state index in [-0.39, 0.29) is 5.56 Å². The highest BCUT2D eigenvalue weighted by Gasteiger charge is 2.17. The fourth-order valence-corrected chi connectivity index (χ4v) is 3.77. The summed E-state index contributed by atoms with van der Waals surface area (Å²) in [6, 6.07) is 6.32. The van der Waals surface area contributed by atoms with Gasteiger partial charge < -0.3 is 9.30 Å². The molecule has 3 aromatic rings. The number of morpholine rings is 1. The van der Waals surface area contributed by atoms with Gasteiger partial charge in [0, 0.05) is 43.0 Å². The second-order valence-electron chi connectivity index (χ2n) is 6.87. The monoisotopic (exact) mass is 340 g/mol. The van der Waals surface area contributed by atoms with Crippen LogP contribution in [0.2, 0.25) is 0 Å². The normalized spacial score (nSPS) is 16.1. The Morgan fingerprint density at radius 2 is 1.92 bits per heavy atom. The Morgan fingerprint density at radius 1 is 1.16 bits per heavy atom. The molecule has 0 amide bonds. The van der Waals surface area contributed by atoms with Gasteiger partial charge >= 0.3 is 0 Å². The molecular weight excluding hydrogens is 316 g/mol. The summed E-state index contributed by atoms with van der Waals surface area (Å²) < 4.78 is 9.02. The molecule has 0 radical (unpaired) electrons. The van der Waals surface area contributed by atoms with Crippen molar-refractivity contribution in [1.29, 1.82) is 0 Å². The molecule has 1 aliphatic rings. The van der Waals surface area contributed by atoms with E-state index in [1.54, 1.807) is 4.68 Å². The van der Waals surface area contributed by atoms with Crippen molar-refractivity contribution in [3.63, 3.8) is 0 Å². The Kier molecular flexibility index (Phi) is 4.09. The zero-order valence-corrected chi connectivity index (χ0v) is 15.1. The van der Waals surface area contributed by atoms with Gasteiger partial charge in [-0.25, -0.2) is 4.68 Å². The number of aromatic nitrogens is 3. The molecular formula is C19H24N4O2. The van der Waals surface area contributed by atoms with E-state index in [0.717, 1.165) is 60.3 Å². The van der Waals surface area contributed by atoms with Crippen molar-refractivity contribution in [2.24, 2.45) is 7.05 Å². The number of aryl methyl sites for hydroxylation is 3. The van der Waals surface area contributed by atoms with Crippen LogP contribution in [-0.2, 0) is 18.3 Å². The molecule has 0 saturated carbocycles. The van der Waals surface area contributed by atoms with Gasteiger partial charge in [0.2, 0.25) is 0 Å². The maximum absolute atomic E-state index is 13.1. The Morgan fingerprint density at radius 3 is 2.68 bits per heavy atom. The third-order valence-corrected chi connectivity index (χ3v) is 5.16. The Balaban J connectivity index is 1.79. The fourth-order valence-electron chi connectivity index (χ4n) is 3.77. The predicted molar refractivity (Wildman–Crippen MR) is 99.2 cm³/mol. The highest BCUT2D eigenvalue weighted by molar-refractivity contribution is 6.08. The molecule has 0 N–H and O–H groups in total. The molecule has 0 atom stereocenters. The van der Waals surface area contributed by atoms with Crippen molar-refractivity contribution in [2.45, 2.75) is 20.4 Å². The van der Waals surface area contributed by atoms with Crippen LogP contribution in [0.15, 0.2) is 23.0 Å².